The van der Waals surface area contributed by atoms with Gasteiger partial charge in [0.2, 0.25) is 0 Å². The van der Waals surface area contributed by atoms with Crippen molar-refractivity contribution in [1.29, 1.82) is 0 Å². The first-order valence-corrected chi connectivity index (χ1v) is 8.22. The van der Waals surface area contributed by atoms with E-state index in [1.54, 1.807) is 0 Å². The van der Waals surface area contributed by atoms with Gasteiger partial charge >= 0.3 is 0 Å². The van der Waals surface area contributed by atoms with Crippen LogP contribution in [0.1, 0.15) is 36.8 Å². The fourth-order valence-electron chi connectivity index (χ4n) is 2.81. The number of hydrogen-bond donors (Lipinski definition) is 0. The molecule has 0 aliphatic carbocycles. The first-order valence-electron chi connectivity index (χ1n) is 7.69. The Labute approximate surface area is 133 Å². The third-order valence-electron chi connectivity index (χ3n) is 4.06. The normalized spacial score (nSPS) is 18.9. The van der Waals surface area contributed by atoms with Crippen molar-refractivity contribution in [2.45, 2.75) is 38.6 Å². The quantitative estimate of drug-likeness (QED) is 0.619. The number of alkyl halides is 1. The zero-order valence-electron chi connectivity index (χ0n) is 13.0. The number of halogens is 1. The molecule has 0 amide bonds. The van der Waals surface area contributed by atoms with Gasteiger partial charge in [0.15, 0.2) is 0 Å². The molecule has 0 radical (unpaired) electrons. The van der Waals surface area contributed by atoms with E-state index in [9.17, 15) is 0 Å². The van der Waals surface area contributed by atoms with Gasteiger partial charge < -0.3 is 9.64 Å². The Bertz CT molecular complexity index is 518. The molecular weight excluding hydrogens is 282 g/mol. The predicted octanol–water partition coefficient (Wildman–Crippen LogP) is 3.84. The smallest absolute Gasteiger partial charge is 0.134 e. The molecule has 2 nitrogen and oxygen atoms in total. The van der Waals surface area contributed by atoms with Gasteiger partial charge in [-0.05, 0) is 57.5 Å². The minimum Gasteiger partial charge on any atom is -0.492 e. The summed E-state index contributed by atoms with van der Waals surface area (Å²) < 4.78 is 5.97. The summed E-state index contributed by atoms with van der Waals surface area (Å²) >= 11 is 5.65. The summed E-state index contributed by atoms with van der Waals surface area (Å²) in [5.74, 6) is 7.21. The maximum Gasteiger partial charge on any atom is 0.134 e. The Balaban J connectivity index is 1.93. The lowest BCUT2D eigenvalue weighted by molar-refractivity contribution is 0.153. The summed E-state index contributed by atoms with van der Waals surface area (Å²) in [6.07, 6.45) is 5.02. The summed E-state index contributed by atoms with van der Waals surface area (Å²) in [6, 6.07) is 6.79. The monoisotopic (exact) mass is 305 g/mol. The van der Waals surface area contributed by atoms with Crippen LogP contribution in [-0.4, -0.2) is 37.0 Å². The molecule has 0 aromatic heterocycles. The zero-order valence-corrected chi connectivity index (χ0v) is 13.7. The van der Waals surface area contributed by atoms with E-state index in [2.05, 4.69) is 42.8 Å². The van der Waals surface area contributed by atoms with E-state index in [4.69, 9.17) is 16.3 Å². The molecule has 0 saturated carbocycles. The van der Waals surface area contributed by atoms with E-state index in [-0.39, 0.29) is 0 Å². The fraction of sp³-hybridized carbons (Fsp3) is 0.556. The Morgan fingerprint density at radius 2 is 2.24 bits per heavy atom. The van der Waals surface area contributed by atoms with Gasteiger partial charge in [0.05, 0.1) is 18.1 Å². The summed E-state index contributed by atoms with van der Waals surface area (Å²) in [5.41, 5.74) is 2.13. The molecule has 1 heterocycles. The van der Waals surface area contributed by atoms with Crippen LogP contribution in [0.15, 0.2) is 18.2 Å². The van der Waals surface area contributed by atoms with E-state index < -0.39 is 0 Å². The van der Waals surface area contributed by atoms with Crippen molar-refractivity contribution < 1.29 is 4.74 Å². The summed E-state index contributed by atoms with van der Waals surface area (Å²) in [7, 11) is 2.22. The number of likely N-dealkylation sites (tertiary alicyclic amines) is 1. The number of rotatable bonds is 4. The number of hydrogen-bond acceptors (Lipinski definition) is 2. The highest BCUT2D eigenvalue weighted by atomic mass is 35.5. The van der Waals surface area contributed by atoms with E-state index in [1.165, 1.54) is 31.4 Å². The van der Waals surface area contributed by atoms with Crippen molar-refractivity contribution >= 4 is 11.6 Å². The first kappa shape index (κ1) is 16.2. The van der Waals surface area contributed by atoms with Crippen LogP contribution in [0.3, 0.4) is 0 Å². The van der Waals surface area contributed by atoms with Gasteiger partial charge in [0.1, 0.15) is 5.75 Å². The molecule has 1 aliphatic heterocycles. The van der Waals surface area contributed by atoms with Crippen molar-refractivity contribution in [2.24, 2.45) is 0 Å². The lowest BCUT2D eigenvalue weighted by Gasteiger charge is -2.32. The van der Waals surface area contributed by atoms with Gasteiger partial charge in [-0.1, -0.05) is 24.3 Å². The second-order valence-electron chi connectivity index (χ2n) is 5.70. The van der Waals surface area contributed by atoms with Crippen LogP contribution in [-0.2, 0) is 0 Å². The van der Waals surface area contributed by atoms with Crippen molar-refractivity contribution in [3.05, 3.63) is 29.3 Å². The Hall–Kier alpha value is -1.17. The average molecular weight is 306 g/mol. The maximum absolute atomic E-state index is 5.97. The Morgan fingerprint density at radius 3 is 3.00 bits per heavy atom. The molecule has 1 saturated heterocycles. The highest BCUT2D eigenvalue weighted by Crippen LogP contribution is 2.21. The summed E-state index contributed by atoms with van der Waals surface area (Å²) in [6.45, 7) is 4.02. The number of ether oxygens (including phenoxy) is 1. The van der Waals surface area contributed by atoms with E-state index in [0.29, 0.717) is 11.9 Å². The molecule has 0 N–H and O–H groups in total. The van der Waals surface area contributed by atoms with Gasteiger partial charge in [-0.2, -0.15) is 0 Å². The molecule has 0 spiro atoms. The minimum absolute atomic E-state index is 0.347. The van der Waals surface area contributed by atoms with Crippen LogP contribution in [0.25, 0.3) is 0 Å². The molecule has 1 unspecified atom stereocenters. The number of piperidine rings is 1. The second-order valence-corrected chi connectivity index (χ2v) is 5.97. The molecule has 1 fully saturated rings. The van der Waals surface area contributed by atoms with E-state index >= 15 is 0 Å². The highest BCUT2D eigenvalue weighted by molar-refractivity contribution is 6.19. The number of nitrogens with zero attached hydrogens (tertiary/aromatic N) is 1. The third kappa shape index (κ3) is 4.95. The van der Waals surface area contributed by atoms with Gasteiger partial charge in [0.25, 0.3) is 0 Å². The molecule has 1 aliphatic rings. The molecule has 114 valence electrons. The zero-order chi connectivity index (χ0) is 15.1. The van der Waals surface area contributed by atoms with Crippen molar-refractivity contribution in [2.75, 3.05) is 26.1 Å². The Kier molecular flexibility index (Phi) is 6.42. The minimum atomic E-state index is 0.347. The molecule has 2 rings (SSSR count). The van der Waals surface area contributed by atoms with Crippen molar-refractivity contribution in [1.82, 2.24) is 4.90 Å². The van der Waals surface area contributed by atoms with Crippen molar-refractivity contribution in [3.63, 3.8) is 0 Å². The van der Waals surface area contributed by atoms with Crippen LogP contribution in [0, 0.1) is 18.8 Å². The lowest BCUT2D eigenvalue weighted by atomic mass is 10.0. The average Bonchev–Trinajstić information content (AvgIpc) is 2.49. The van der Waals surface area contributed by atoms with Crippen LogP contribution < -0.4 is 4.74 Å². The molecular formula is C18H24ClNO. The molecule has 3 heteroatoms. The van der Waals surface area contributed by atoms with Crippen LogP contribution >= 0.6 is 11.6 Å². The first-order chi connectivity index (χ1) is 10.2. The van der Waals surface area contributed by atoms with Gasteiger partial charge in [-0.3, -0.25) is 0 Å². The largest absolute Gasteiger partial charge is 0.492 e. The summed E-state index contributed by atoms with van der Waals surface area (Å²) in [4.78, 5) is 2.45. The second kappa shape index (κ2) is 8.32. The molecule has 1 aromatic carbocycles. The molecule has 1 atom stereocenters. The van der Waals surface area contributed by atoms with Gasteiger partial charge in [-0.15, -0.1) is 11.6 Å². The van der Waals surface area contributed by atoms with Crippen LogP contribution in [0.4, 0.5) is 0 Å². The molecule has 0 bridgehead atoms. The van der Waals surface area contributed by atoms with Gasteiger partial charge in [-0.25, -0.2) is 0 Å². The van der Waals surface area contributed by atoms with Crippen LogP contribution in [0.2, 0.25) is 0 Å². The lowest BCUT2D eigenvalue weighted by Crippen LogP contribution is -2.37. The van der Waals surface area contributed by atoms with Crippen LogP contribution in [0.5, 0.6) is 5.75 Å². The number of benzene rings is 1. The number of aryl methyl sites for hydroxylation is 1. The third-order valence-corrected chi connectivity index (χ3v) is 4.19. The van der Waals surface area contributed by atoms with Crippen molar-refractivity contribution in [3.8, 4) is 17.6 Å². The standard InChI is InChI=1S/C18H24ClNO/c1-15-8-9-18(16(14-15)6-5-11-19)21-13-10-17-7-3-4-12-20(17)2/h8-9,14,17H,3-4,7,10-13H2,1-2H3. The SMILES string of the molecule is Cc1ccc(OCCC2CCCCN2C)c(C#CCCl)c1. The summed E-state index contributed by atoms with van der Waals surface area (Å²) in [5, 5.41) is 0. The Morgan fingerprint density at radius 1 is 1.38 bits per heavy atom. The topological polar surface area (TPSA) is 12.5 Å². The highest BCUT2D eigenvalue weighted by Gasteiger charge is 2.18. The van der Waals surface area contributed by atoms with E-state index in [1.807, 2.05) is 6.07 Å². The molecule has 21 heavy (non-hydrogen) atoms. The van der Waals surface area contributed by atoms with E-state index in [0.717, 1.165) is 24.3 Å². The predicted molar refractivity (Wildman–Crippen MR) is 89.2 cm³/mol. The maximum atomic E-state index is 5.97. The van der Waals surface area contributed by atoms with Gasteiger partial charge in [0, 0.05) is 6.04 Å². The molecule has 1 aromatic rings. The fourth-order valence-corrected chi connectivity index (χ4v) is 2.88.